The number of hydrogen-bond donors (Lipinski definition) is 1. The molecule has 0 bridgehead atoms. The van der Waals surface area contributed by atoms with Gasteiger partial charge < -0.3 is 10.2 Å². The van der Waals surface area contributed by atoms with E-state index in [1.807, 2.05) is 11.8 Å². The number of carbonyl (C=O) groups is 1. The smallest absolute Gasteiger partial charge is 0.272 e. The maximum Gasteiger partial charge on any atom is 0.272 e. The SMILES string of the molecule is CN(C)C1(CNC(=O)c2nn(-c3ccc(F)cc3F)c3c2C[C@H]2C[C@@H]32)CCSC1. The van der Waals surface area contributed by atoms with E-state index in [0.29, 0.717) is 24.1 Å². The Morgan fingerprint density at radius 2 is 2.24 bits per heavy atom. The van der Waals surface area contributed by atoms with Crippen LogP contribution in [0.25, 0.3) is 5.69 Å². The van der Waals surface area contributed by atoms with Gasteiger partial charge in [0.15, 0.2) is 11.5 Å². The normalized spacial score (nSPS) is 27.2. The van der Waals surface area contributed by atoms with E-state index in [9.17, 15) is 13.6 Å². The molecule has 2 fully saturated rings. The molecular formula is C21H24F2N4OS. The Morgan fingerprint density at radius 1 is 1.41 bits per heavy atom. The fourth-order valence-electron chi connectivity index (χ4n) is 4.71. The maximum atomic E-state index is 14.4. The van der Waals surface area contributed by atoms with Crippen molar-refractivity contribution < 1.29 is 13.6 Å². The summed E-state index contributed by atoms with van der Waals surface area (Å²) in [6.45, 7) is 0.561. The molecule has 1 aromatic heterocycles. The van der Waals surface area contributed by atoms with Crippen molar-refractivity contribution in [2.75, 3.05) is 32.1 Å². The van der Waals surface area contributed by atoms with Crippen molar-refractivity contribution >= 4 is 17.7 Å². The number of fused-ring (bicyclic) bond motifs is 3. The number of likely N-dealkylation sites (N-methyl/N-ethyl adjacent to an activating group) is 1. The van der Waals surface area contributed by atoms with Crippen LogP contribution in [0.5, 0.6) is 0 Å². The van der Waals surface area contributed by atoms with Crippen molar-refractivity contribution in [3.8, 4) is 5.69 Å². The van der Waals surface area contributed by atoms with Gasteiger partial charge in [0.2, 0.25) is 0 Å². The minimum atomic E-state index is -0.666. The molecule has 1 aliphatic heterocycles. The number of amides is 1. The van der Waals surface area contributed by atoms with Crippen molar-refractivity contribution in [3.63, 3.8) is 0 Å². The summed E-state index contributed by atoms with van der Waals surface area (Å²) < 4.78 is 29.3. The monoisotopic (exact) mass is 418 g/mol. The largest absolute Gasteiger partial charge is 0.349 e. The Bertz CT molecular complexity index is 983. The Labute approximate surface area is 172 Å². The van der Waals surface area contributed by atoms with Gasteiger partial charge in [-0.25, -0.2) is 13.5 Å². The second kappa shape index (κ2) is 6.80. The summed E-state index contributed by atoms with van der Waals surface area (Å²) in [5, 5.41) is 7.59. The predicted octanol–water partition coefficient (Wildman–Crippen LogP) is 2.98. The lowest BCUT2D eigenvalue weighted by Crippen LogP contribution is -2.53. The van der Waals surface area contributed by atoms with E-state index in [2.05, 4.69) is 29.4 Å². The number of carbonyl (C=O) groups excluding carboxylic acids is 1. The van der Waals surface area contributed by atoms with Gasteiger partial charge in [-0.15, -0.1) is 0 Å². The third-order valence-corrected chi connectivity index (χ3v) is 7.96. The predicted molar refractivity (Wildman–Crippen MR) is 109 cm³/mol. The molecular weight excluding hydrogens is 394 g/mol. The van der Waals surface area contributed by atoms with E-state index in [-0.39, 0.29) is 17.1 Å². The molecule has 154 valence electrons. The van der Waals surface area contributed by atoms with E-state index in [1.165, 1.54) is 16.8 Å². The van der Waals surface area contributed by atoms with Crippen LogP contribution in [-0.2, 0) is 6.42 Å². The highest BCUT2D eigenvalue weighted by Gasteiger charge is 2.50. The van der Waals surface area contributed by atoms with Gasteiger partial charge in [-0.3, -0.25) is 4.79 Å². The van der Waals surface area contributed by atoms with Crippen molar-refractivity contribution in [1.29, 1.82) is 0 Å². The molecule has 1 aromatic carbocycles. The van der Waals surface area contributed by atoms with E-state index in [0.717, 1.165) is 48.1 Å². The van der Waals surface area contributed by atoms with Crippen LogP contribution < -0.4 is 5.32 Å². The highest BCUT2D eigenvalue weighted by Crippen LogP contribution is 2.57. The summed E-state index contributed by atoms with van der Waals surface area (Å²) in [6, 6.07) is 3.48. The molecule has 2 heterocycles. The highest BCUT2D eigenvalue weighted by atomic mass is 32.2. The number of halogens is 2. The number of aromatic nitrogens is 2. The topological polar surface area (TPSA) is 50.2 Å². The van der Waals surface area contributed by atoms with Crippen LogP contribution in [-0.4, -0.2) is 58.3 Å². The zero-order chi connectivity index (χ0) is 20.3. The molecule has 5 rings (SSSR count). The fourth-order valence-corrected chi connectivity index (χ4v) is 6.26. The maximum absolute atomic E-state index is 14.4. The first-order valence-corrected chi connectivity index (χ1v) is 11.2. The van der Waals surface area contributed by atoms with Gasteiger partial charge in [0, 0.05) is 35.4 Å². The Balaban J connectivity index is 1.45. The average Bonchev–Trinajstić information content (AvgIpc) is 3.05. The van der Waals surface area contributed by atoms with Crippen molar-refractivity contribution in [3.05, 3.63) is 46.8 Å². The summed E-state index contributed by atoms with van der Waals surface area (Å²) in [6.07, 6.45) is 2.88. The van der Waals surface area contributed by atoms with Crippen LogP contribution in [0.1, 0.15) is 40.5 Å². The zero-order valence-corrected chi connectivity index (χ0v) is 17.4. The van der Waals surface area contributed by atoms with Crippen LogP contribution in [0.15, 0.2) is 18.2 Å². The van der Waals surface area contributed by atoms with Crippen LogP contribution in [0.4, 0.5) is 8.78 Å². The van der Waals surface area contributed by atoms with E-state index in [4.69, 9.17) is 0 Å². The first kappa shape index (κ1) is 19.1. The molecule has 2 aliphatic carbocycles. The molecule has 3 aliphatic rings. The number of benzene rings is 1. The summed E-state index contributed by atoms with van der Waals surface area (Å²) in [5.74, 6) is 1.42. The summed E-state index contributed by atoms with van der Waals surface area (Å²) >= 11 is 1.90. The third kappa shape index (κ3) is 3.08. The number of nitrogens with one attached hydrogen (secondary N) is 1. The van der Waals surface area contributed by atoms with Gasteiger partial charge in [-0.1, -0.05) is 0 Å². The minimum absolute atomic E-state index is 0.0444. The van der Waals surface area contributed by atoms with Crippen LogP contribution in [0.3, 0.4) is 0 Å². The number of thioether (sulfide) groups is 1. The minimum Gasteiger partial charge on any atom is -0.349 e. The molecule has 1 unspecified atom stereocenters. The van der Waals surface area contributed by atoms with E-state index >= 15 is 0 Å². The first-order valence-electron chi connectivity index (χ1n) is 10.0. The summed E-state index contributed by atoms with van der Waals surface area (Å²) in [7, 11) is 4.10. The van der Waals surface area contributed by atoms with Gasteiger partial charge in [-0.05, 0) is 57.2 Å². The molecule has 1 amide bonds. The molecule has 0 spiro atoms. The van der Waals surface area contributed by atoms with E-state index < -0.39 is 11.6 Å². The van der Waals surface area contributed by atoms with Crippen molar-refractivity contribution in [2.24, 2.45) is 5.92 Å². The van der Waals surface area contributed by atoms with Gasteiger partial charge in [0.25, 0.3) is 5.91 Å². The Morgan fingerprint density at radius 3 is 2.93 bits per heavy atom. The standard InChI is InChI=1S/C21H24F2N4OS/c1-26(2)21(5-6-29-11-21)10-24-20(28)18-15-8-12-7-14(12)19(15)27(25-18)17-4-3-13(22)9-16(17)23/h3-4,9,12,14H,5-8,10-11H2,1-2H3,(H,24,28)/t12-,14-,21?/m1/s1. The number of nitrogens with zero attached hydrogens (tertiary/aromatic N) is 3. The molecule has 0 radical (unpaired) electrons. The molecule has 8 heteroatoms. The van der Waals surface area contributed by atoms with Crippen LogP contribution >= 0.6 is 11.8 Å². The summed E-state index contributed by atoms with van der Waals surface area (Å²) in [5.41, 5.74) is 2.38. The lowest BCUT2D eigenvalue weighted by atomic mass is 9.97. The lowest BCUT2D eigenvalue weighted by Gasteiger charge is -2.35. The molecule has 1 saturated heterocycles. The molecule has 5 nitrogen and oxygen atoms in total. The summed E-state index contributed by atoms with van der Waals surface area (Å²) in [4.78, 5) is 15.3. The first-order chi connectivity index (χ1) is 13.9. The number of hydrogen-bond acceptors (Lipinski definition) is 4. The second-order valence-electron chi connectivity index (χ2n) is 8.63. The molecule has 2 aromatic rings. The molecule has 1 saturated carbocycles. The Hall–Kier alpha value is -1.93. The molecule has 1 N–H and O–H groups in total. The van der Waals surface area contributed by atoms with Crippen LogP contribution in [0.2, 0.25) is 0 Å². The second-order valence-corrected chi connectivity index (χ2v) is 9.74. The number of rotatable bonds is 5. The van der Waals surface area contributed by atoms with Crippen molar-refractivity contribution in [1.82, 2.24) is 20.0 Å². The van der Waals surface area contributed by atoms with Gasteiger partial charge >= 0.3 is 0 Å². The van der Waals surface area contributed by atoms with Gasteiger partial charge in [-0.2, -0.15) is 16.9 Å². The van der Waals surface area contributed by atoms with Crippen LogP contribution in [0, 0.1) is 17.6 Å². The highest BCUT2D eigenvalue weighted by molar-refractivity contribution is 7.99. The van der Waals surface area contributed by atoms with E-state index in [1.54, 1.807) is 0 Å². The molecule has 29 heavy (non-hydrogen) atoms. The fraction of sp³-hybridized carbons (Fsp3) is 0.524. The third-order valence-electron chi connectivity index (χ3n) is 6.73. The van der Waals surface area contributed by atoms with Gasteiger partial charge in [0.05, 0.1) is 5.69 Å². The Kier molecular flexibility index (Phi) is 4.47. The molecule has 3 atom stereocenters. The van der Waals surface area contributed by atoms with Gasteiger partial charge in [0.1, 0.15) is 11.5 Å². The van der Waals surface area contributed by atoms with Crippen molar-refractivity contribution in [2.45, 2.75) is 30.7 Å². The zero-order valence-electron chi connectivity index (χ0n) is 16.5. The lowest BCUT2D eigenvalue weighted by molar-refractivity contribution is 0.0907. The average molecular weight is 419 g/mol. The quantitative estimate of drug-likeness (QED) is 0.811.